The highest BCUT2D eigenvalue weighted by atomic mass is 16.3. The van der Waals surface area contributed by atoms with Gasteiger partial charge in [0.1, 0.15) is 0 Å². The van der Waals surface area contributed by atoms with Gasteiger partial charge in [0.25, 0.3) is 0 Å². The van der Waals surface area contributed by atoms with Crippen LogP contribution in [-0.4, -0.2) is 29.7 Å². The second kappa shape index (κ2) is 5.97. The van der Waals surface area contributed by atoms with Gasteiger partial charge in [0.2, 0.25) is 5.91 Å². The number of hydrogen-bond acceptors (Lipinski definition) is 4. The van der Waals surface area contributed by atoms with Crippen LogP contribution in [0.15, 0.2) is 18.2 Å². The third kappa shape index (κ3) is 3.43. The Bertz CT molecular complexity index is 366. The topological polar surface area (TPSA) is 81.6 Å². The molecule has 88 valence electrons. The summed E-state index contributed by atoms with van der Waals surface area (Å²) < 4.78 is 0. The molecule has 0 aliphatic rings. The first-order valence-electron chi connectivity index (χ1n) is 5.06. The van der Waals surface area contributed by atoms with E-state index in [-0.39, 0.29) is 17.4 Å². The number of amides is 1. The summed E-state index contributed by atoms with van der Waals surface area (Å²) in [5.41, 5.74) is 0.608. The quantitative estimate of drug-likeness (QED) is 0.429. The first-order chi connectivity index (χ1) is 7.65. The van der Waals surface area contributed by atoms with E-state index in [1.807, 2.05) is 0 Å². The lowest BCUT2D eigenvalue weighted by Gasteiger charge is -2.07. The minimum absolute atomic E-state index is 0.0346. The minimum atomic E-state index is -0.134. The number of carbonyl (C=O) groups is 1. The van der Waals surface area contributed by atoms with Gasteiger partial charge in [0, 0.05) is 32.1 Å². The number of rotatable bonds is 5. The first-order valence-corrected chi connectivity index (χ1v) is 5.06. The molecule has 1 amide bonds. The predicted molar refractivity (Wildman–Crippen MR) is 60.2 cm³/mol. The summed E-state index contributed by atoms with van der Waals surface area (Å²) in [6.07, 6.45) is 0.385. The van der Waals surface area contributed by atoms with E-state index >= 15 is 0 Å². The predicted octanol–water partition coefficient (Wildman–Crippen LogP) is 0.323. The van der Waals surface area contributed by atoms with Crippen LogP contribution in [-0.2, 0) is 11.3 Å². The molecule has 0 atom stereocenters. The average molecular weight is 224 g/mol. The van der Waals surface area contributed by atoms with Gasteiger partial charge < -0.3 is 20.8 Å². The standard InChI is InChI=1S/C11H16N2O3/c1-12-10(15)5-6-13-7-8-3-2-4-9(14)11(8)16/h2-4,13-14,16H,5-7H2,1H3,(H,12,15). The fraction of sp³-hybridized carbons (Fsp3) is 0.364. The molecule has 0 spiro atoms. The maximum absolute atomic E-state index is 10.9. The Balaban J connectivity index is 2.38. The molecule has 0 saturated heterocycles. The molecule has 0 unspecified atom stereocenters. The van der Waals surface area contributed by atoms with Crippen LogP contribution in [0.1, 0.15) is 12.0 Å². The van der Waals surface area contributed by atoms with Crippen molar-refractivity contribution in [1.29, 1.82) is 0 Å². The minimum Gasteiger partial charge on any atom is -0.504 e. The maximum Gasteiger partial charge on any atom is 0.221 e. The van der Waals surface area contributed by atoms with Crippen molar-refractivity contribution in [3.8, 4) is 11.5 Å². The third-order valence-corrected chi connectivity index (χ3v) is 2.22. The zero-order valence-corrected chi connectivity index (χ0v) is 9.16. The summed E-state index contributed by atoms with van der Waals surface area (Å²) in [7, 11) is 1.59. The van der Waals surface area contributed by atoms with Crippen LogP contribution in [0.25, 0.3) is 0 Å². The van der Waals surface area contributed by atoms with Gasteiger partial charge in [0.05, 0.1) is 0 Å². The molecule has 0 heterocycles. The van der Waals surface area contributed by atoms with E-state index in [0.717, 1.165) is 0 Å². The molecule has 0 fully saturated rings. The van der Waals surface area contributed by atoms with E-state index in [0.29, 0.717) is 25.1 Å². The third-order valence-electron chi connectivity index (χ3n) is 2.22. The Kier molecular flexibility index (Phi) is 4.60. The second-order valence-electron chi connectivity index (χ2n) is 3.38. The molecular weight excluding hydrogens is 208 g/mol. The molecule has 16 heavy (non-hydrogen) atoms. The number of para-hydroxylation sites is 1. The summed E-state index contributed by atoms with van der Waals surface area (Å²) >= 11 is 0. The summed E-state index contributed by atoms with van der Waals surface area (Å²) in [5.74, 6) is -0.284. The summed E-state index contributed by atoms with van der Waals surface area (Å²) in [6.45, 7) is 0.937. The van der Waals surface area contributed by atoms with Crippen molar-refractivity contribution in [2.75, 3.05) is 13.6 Å². The van der Waals surface area contributed by atoms with Gasteiger partial charge in [-0.25, -0.2) is 0 Å². The molecule has 5 heteroatoms. The van der Waals surface area contributed by atoms with E-state index in [1.54, 1.807) is 19.2 Å². The van der Waals surface area contributed by atoms with Crippen LogP contribution in [0.4, 0.5) is 0 Å². The van der Waals surface area contributed by atoms with Crippen molar-refractivity contribution >= 4 is 5.91 Å². The van der Waals surface area contributed by atoms with Gasteiger partial charge in [-0.2, -0.15) is 0 Å². The number of nitrogens with one attached hydrogen (secondary N) is 2. The molecular formula is C11H16N2O3. The van der Waals surface area contributed by atoms with Crippen LogP contribution in [0.3, 0.4) is 0 Å². The van der Waals surface area contributed by atoms with E-state index in [9.17, 15) is 15.0 Å². The van der Waals surface area contributed by atoms with E-state index in [4.69, 9.17) is 0 Å². The summed E-state index contributed by atoms with van der Waals surface area (Å²) in [4.78, 5) is 10.9. The Hall–Kier alpha value is -1.75. The van der Waals surface area contributed by atoms with Crippen molar-refractivity contribution in [3.63, 3.8) is 0 Å². The molecule has 1 rings (SSSR count). The molecule has 0 aliphatic heterocycles. The first kappa shape index (κ1) is 12.3. The number of phenols is 2. The smallest absolute Gasteiger partial charge is 0.221 e. The van der Waals surface area contributed by atoms with Crippen molar-refractivity contribution in [1.82, 2.24) is 10.6 Å². The van der Waals surface area contributed by atoms with Gasteiger partial charge in [-0.1, -0.05) is 12.1 Å². The molecule has 5 nitrogen and oxygen atoms in total. The molecule has 0 aliphatic carbocycles. The Morgan fingerprint density at radius 2 is 2.12 bits per heavy atom. The molecule has 4 N–H and O–H groups in total. The number of hydrogen-bond donors (Lipinski definition) is 4. The van der Waals surface area contributed by atoms with Gasteiger partial charge in [0.15, 0.2) is 11.5 Å². The van der Waals surface area contributed by atoms with Crippen LogP contribution in [0.5, 0.6) is 11.5 Å². The zero-order valence-electron chi connectivity index (χ0n) is 9.16. The van der Waals surface area contributed by atoms with Gasteiger partial charge in [-0.3, -0.25) is 4.79 Å². The molecule has 0 aromatic heterocycles. The molecule has 0 bridgehead atoms. The highest BCUT2D eigenvalue weighted by Crippen LogP contribution is 2.27. The Morgan fingerprint density at radius 1 is 1.38 bits per heavy atom. The Labute approximate surface area is 94.1 Å². The van der Waals surface area contributed by atoms with Crippen molar-refractivity contribution in [2.45, 2.75) is 13.0 Å². The molecule has 0 saturated carbocycles. The lowest BCUT2D eigenvalue weighted by molar-refractivity contribution is -0.120. The summed E-state index contributed by atoms with van der Waals surface area (Å²) in [6, 6.07) is 4.79. The van der Waals surface area contributed by atoms with Crippen LogP contribution in [0.2, 0.25) is 0 Å². The lowest BCUT2D eigenvalue weighted by Crippen LogP contribution is -2.24. The maximum atomic E-state index is 10.9. The van der Waals surface area contributed by atoms with Crippen molar-refractivity contribution < 1.29 is 15.0 Å². The second-order valence-corrected chi connectivity index (χ2v) is 3.38. The van der Waals surface area contributed by atoms with E-state index in [2.05, 4.69) is 10.6 Å². The highest BCUT2D eigenvalue weighted by Gasteiger charge is 2.05. The fourth-order valence-electron chi connectivity index (χ4n) is 1.27. The molecule has 0 radical (unpaired) electrons. The number of carbonyl (C=O) groups excluding carboxylic acids is 1. The van der Waals surface area contributed by atoms with Gasteiger partial charge in [-0.05, 0) is 6.07 Å². The monoisotopic (exact) mass is 224 g/mol. The lowest BCUT2D eigenvalue weighted by atomic mass is 10.2. The van der Waals surface area contributed by atoms with Crippen LogP contribution >= 0.6 is 0 Å². The van der Waals surface area contributed by atoms with Gasteiger partial charge >= 0.3 is 0 Å². The average Bonchev–Trinajstić information content (AvgIpc) is 2.29. The number of aromatic hydroxyl groups is 2. The largest absolute Gasteiger partial charge is 0.504 e. The molecule has 1 aromatic rings. The highest BCUT2D eigenvalue weighted by molar-refractivity contribution is 5.75. The molecule has 1 aromatic carbocycles. The normalized spacial score (nSPS) is 10.1. The summed E-state index contributed by atoms with van der Waals surface area (Å²) in [5, 5.41) is 24.2. The van der Waals surface area contributed by atoms with Gasteiger partial charge in [-0.15, -0.1) is 0 Å². The van der Waals surface area contributed by atoms with Crippen molar-refractivity contribution in [2.24, 2.45) is 0 Å². The van der Waals surface area contributed by atoms with E-state index in [1.165, 1.54) is 6.07 Å². The van der Waals surface area contributed by atoms with Crippen molar-refractivity contribution in [3.05, 3.63) is 23.8 Å². The zero-order chi connectivity index (χ0) is 12.0. The SMILES string of the molecule is CNC(=O)CCNCc1cccc(O)c1O. The van der Waals surface area contributed by atoms with E-state index < -0.39 is 0 Å². The Morgan fingerprint density at radius 3 is 2.81 bits per heavy atom. The fourth-order valence-corrected chi connectivity index (χ4v) is 1.27. The number of phenolic OH excluding ortho intramolecular Hbond substituents is 2. The van der Waals surface area contributed by atoms with Crippen LogP contribution in [0, 0.1) is 0 Å². The van der Waals surface area contributed by atoms with Crippen LogP contribution < -0.4 is 10.6 Å². The number of benzene rings is 1.